The quantitative estimate of drug-likeness (QED) is 0.796. The number of carbonyl (C=O) groups is 2. The largest absolute Gasteiger partial charge is 0.342 e. The Morgan fingerprint density at radius 3 is 2.44 bits per heavy atom. The van der Waals surface area contributed by atoms with Gasteiger partial charge in [0.15, 0.2) is 0 Å². The van der Waals surface area contributed by atoms with Gasteiger partial charge in [-0.2, -0.15) is 0 Å². The highest BCUT2D eigenvalue weighted by Crippen LogP contribution is 2.10. The van der Waals surface area contributed by atoms with Crippen molar-refractivity contribution >= 4 is 17.5 Å². The van der Waals surface area contributed by atoms with Crippen LogP contribution in [0.1, 0.15) is 30.9 Å². The summed E-state index contributed by atoms with van der Waals surface area (Å²) in [7, 11) is 0. The number of hydrogen-bond acceptors (Lipinski definition) is 2. The zero-order valence-corrected chi connectivity index (χ0v) is 15.0. The minimum atomic E-state index is -0.0695. The standard InChI is InChI=1S/C21H26N2O2/c1-17-8-6-12-20(16-17)22-21(25)13-15-23(18(2)24)14-7-11-19-9-4-3-5-10-19/h3-6,8-10,12,16H,7,11,13-15H2,1-2H3,(H,22,25). The first-order chi connectivity index (χ1) is 12.0. The molecule has 0 unspecified atom stereocenters. The molecule has 2 aromatic carbocycles. The molecule has 0 aliphatic rings. The van der Waals surface area contributed by atoms with Crippen LogP contribution in [0.3, 0.4) is 0 Å². The Hall–Kier alpha value is -2.62. The maximum atomic E-state index is 12.1. The number of rotatable bonds is 8. The molecule has 0 aliphatic heterocycles. The van der Waals surface area contributed by atoms with Gasteiger partial charge in [0.2, 0.25) is 11.8 Å². The first-order valence-corrected chi connectivity index (χ1v) is 8.70. The molecule has 4 nitrogen and oxygen atoms in total. The number of benzene rings is 2. The Bertz CT molecular complexity index is 698. The van der Waals surface area contributed by atoms with Gasteiger partial charge in [0.1, 0.15) is 0 Å². The molecule has 0 aromatic heterocycles. The number of nitrogens with one attached hydrogen (secondary N) is 1. The second-order valence-corrected chi connectivity index (χ2v) is 6.26. The van der Waals surface area contributed by atoms with Crippen LogP contribution >= 0.6 is 0 Å². The summed E-state index contributed by atoms with van der Waals surface area (Å²) in [6, 6.07) is 17.9. The van der Waals surface area contributed by atoms with E-state index in [0.29, 0.717) is 19.5 Å². The third-order valence-electron chi connectivity index (χ3n) is 4.09. The molecule has 2 rings (SSSR count). The van der Waals surface area contributed by atoms with E-state index in [-0.39, 0.29) is 11.8 Å². The van der Waals surface area contributed by atoms with Crippen LogP contribution in [0.2, 0.25) is 0 Å². The van der Waals surface area contributed by atoms with Gasteiger partial charge >= 0.3 is 0 Å². The maximum absolute atomic E-state index is 12.1. The van der Waals surface area contributed by atoms with Gasteiger partial charge in [-0.05, 0) is 43.0 Å². The molecule has 132 valence electrons. The number of amides is 2. The molecule has 2 amide bonds. The second kappa shape index (κ2) is 9.62. The monoisotopic (exact) mass is 338 g/mol. The van der Waals surface area contributed by atoms with Crippen molar-refractivity contribution < 1.29 is 9.59 Å². The summed E-state index contributed by atoms with van der Waals surface area (Å²) in [5.74, 6) is -0.0590. The maximum Gasteiger partial charge on any atom is 0.226 e. The highest BCUT2D eigenvalue weighted by Gasteiger charge is 2.11. The highest BCUT2D eigenvalue weighted by atomic mass is 16.2. The first-order valence-electron chi connectivity index (χ1n) is 8.70. The molecule has 25 heavy (non-hydrogen) atoms. The topological polar surface area (TPSA) is 49.4 Å². The minimum absolute atomic E-state index is 0.0106. The van der Waals surface area contributed by atoms with Crippen LogP contribution in [0.5, 0.6) is 0 Å². The summed E-state index contributed by atoms with van der Waals surface area (Å²) in [5.41, 5.74) is 3.16. The van der Waals surface area contributed by atoms with E-state index in [0.717, 1.165) is 24.1 Å². The van der Waals surface area contributed by atoms with E-state index in [9.17, 15) is 9.59 Å². The van der Waals surface area contributed by atoms with Crippen LogP contribution in [0.4, 0.5) is 5.69 Å². The lowest BCUT2D eigenvalue weighted by molar-refractivity contribution is -0.129. The predicted molar refractivity (Wildman–Crippen MR) is 101 cm³/mol. The molecule has 0 saturated heterocycles. The van der Waals surface area contributed by atoms with Gasteiger partial charge in [-0.25, -0.2) is 0 Å². The van der Waals surface area contributed by atoms with Gasteiger partial charge in [-0.1, -0.05) is 42.5 Å². The van der Waals surface area contributed by atoms with E-state index < -0.39 is 0 Å². The van der Waals surface area contributed by atoms with E-state index in [1.807, 2.05) is 49.4 Å². The lowest BCUT2D eigenvalue weighted by atomic mass is 10.1. The van der Waals surface area contributed by atoms with Crippen molar-refractivity contribution in [1.82, 2.24) is 4.90 Å². The number of carbonyl (C=O) groups excluding carboxylic acids is 2. The van der Waals surface area contributed by atoms with Crippen molar-refractivity contribution in [2.75, 3.05) is 18.4 Å². The lowest BCUT2D eigenvalue weighted by Gasteiger charge is -2.21. The number of nitrogens with zero attached hydrogens (tertiary/aromatic N) is 1. The molecule has 0 spiro atoms. The van der Waals surface area contributed by atoms with E-state index in [1.165, 1.54) is 5.56 Å². The second-order valence-electron chi connectivity index (χ2n) is 6.26. The summed E-state index contributed by atoms with van der Waals surface area (Å²) in [4.78, 5) is 25.6. The van der Waals surface area contributed by atoms with Gasteiger partial charge in [0, 0.05) is 32.1 Å². The van der Waals surface area contributed by atoms with Crippen molar-refractivity contribution in [3.05, 3.63) is 65.7 Å². The third kappa shape index (κ3) is 6.79. The Morgan fingerprint density at radius 2 is 1.76 bits per heavy atom. The molecule has 0 bridgehead atoms. The van der Waals surface area contributed by atoms with Crippen LogP contribution in [-0.2, 0) is 16.0 Å². The summed E-state index contributed by atoms with van der Waals surface area (Å²) in [6.45, 7) is 4.66. The van der Waals surface area contributed by atoms with Crippen molar-refractivity contribution in [2.24, 2.45) is 0 Å². The molecular weight excluding hydrogens is 312 g/mol. The molecule has 0 heterocycles. The van der Waals surface area contributed by atoms with Gasteiger partial charge in [0.25, 0.3) is 0 Å². The molecule has 0 aliphatic carbocycles. The summed E-state index contributed by atoms with van der Waals surface area (Å²) in [6.07, 6.45) is 2.13. The zero-order chi connectivity index (χ0) is 18.1. The molecule has 0 atom stereocenters. The lowest BCUT2D eigenvalue weighted by Crippen LogP contribution is -2.33. The zero-order valence-electron chi connectivity index (χ0n) is 15.0. The Morgan fingerprint density at radius 1 is 1.00 bits per heavy atom. The van der Waals surface area contributed by atoms with E-state index >= 15 is 0 Å². The van der Waals surface area contributed by atoms with E-state index in [1.54, 1.807) is 11.8 Å². The first kappa shape index (κ1) is 18.7. The minimum Gasteiger partial charge on any atom is -0.342 e. The van der Waals surface area contributed by atoms with Crippen LogP contribution in [0.25, 0.3) is 0 Å². The fourth-order valence-corrected chi connectivity index (χ4v) is 2.73. The Kier molecular flexibility index (Phi) is 7.20. The molecule has 1 N–H and O–H groups in total. The average molecular weight is 338 g/mol. The van der Waals surface area contributed by atoms with Gasteiger partial charge < -0.3 is 10.2 Å². The van der Waals surface area contributed by atoms with Crippen LogP contribution in [-0.4, -0.2) is 29.8 Å². The SMILES string of the molecule is CC(=O)N(CCCc1ccccc1)CCC(=O)Nc1cccc(C)c1. The van der Waals surface area contributed by atoms with Crippen molar-refractivity contribution in [3.63, 3.8) is 0 Å². The van der Waals surface area contributed by atoms with E-state index in [2.05, 4.69) is 17.4 Å². The number of hydrogen-bond donors (Lipinski definition) is 1. The smallest absolute Gasteiger partial charge is 0.226 e. The summed E-state index contributed by atoms with van der Waals surface area (Å²) >= 11 is 0. The average Bonchev–Trinajstić information content (AvgIpc) is 2.58. The fraction of sp³-hybridized carbons (Fsp3) is 0.333. The van der Waals surface area contributed by atoms with Crippen LogP contribution < -0.4 is 5.32 Å². The highest BCUT2D eigenvalue weighted by molar-refractivity contribution is 5.91. The van der Waals surface area contributed by atoms with E-state index in [4.69, 9.17) is 0 Å². The molecule has 0 saturated carbocycles. The normalized spacial score (nSPS) is 10.3. The fourth-order valence-electron chi connectivity index (χ4n) is 2.73. The molecule has 2 aromatic rings. The number of aryl methyl sites for hydroxylation is 2. The summed E-state index contributed by atoms with van der Waals surface area (Å²) < 4.78 is 0. The van der Waals surface area contributed by atoms with Gasteiger partial charge in [-0.15, -0.1) is 0 Å². The van der Waals surface area contributed by atoms with Crippen molar-refractivity contribution in [1.29, 1.82) is 0 Å². The predicted octanol–water partition coefficient (Wildman–Crippen LogP) is 3.80. The molecule has 0 radical (unpaired) electrons. The Balaban J connectivity index is 1.76. The Labute approximate surface area is 149 Å². The molecule has 0 fully saturated rings. The molecule has 4 heteroatoms. The van der Waals surface area contributed by atoms with Crippen LogP contribution in [0.15, 0.2) is 54.6 Å². The van der Waals surface area contributed by atoms with Gasteiger partial charge in [-0.3, -0.25) is 9.59 Å². The van der Waals surface area contributed by atoms with Crippen molar-refractivity contribution in [2.45, 2.75) is 33.1 Å². The van der Waals surface area contributed by atoms with Crippen LogP contribution in [0, 0.1) is 6.92 Å². The third-order valence-corrected chi connectivity index (χ3v) is 4.09. The molecular formula is C21H26N2O2. The number of anilines is 1. The van der Waals surface area contributed by atoms with Gasteiger partial charge in [0.05, 0.1) is 0 Å². The van der Waals surface area contributed by atoms with Crippen molar-refractivity contribution in [3.8, 4) is 0 Å². The summed E-state index contributed by atoms with van der Waals surface area (Å²) in [5, 5.41) is 2.88.